The van der Waals surface area contributed by atoms with Crippen molar-refractivity contribution in [3.8, 4) is 17.0 Å². The number of rotatable bonds is 8. The average Bonchev–Trinajstić information content (AvgIpc) is 3.04. The van der Waals surface area contributed by atoms with E-state index in [1.165, 1.54) is 12.1 Å². The van der Waals surface area contributed by atoms with E-state index in [4.69, 9.17) is 25.8 Å². The predicted molar refractivity (Wildman–Crippen MR) is 107 cm³/mol. The predicted octanol–water partition coefficient (Wildman–Crippen LogP) is 5.10. The van der Waals surface area contributed by atoms with E-state index in [0.717, 1.165) is 0 Å². The van der Waals surface area contributed by atoms with Gasteiger partial charge in [0.05, 0.1) is 25.4 Å². The maximum atomic E-state index is 14.2. The largest absolute Gasteiger partial charge is 0.490 e. The normalized spacial score (nSPS) is 16.1. The molecule has 0 spiro atoms. The number of nitrogens with zero attached hydrogens (tertiary/aromatic N) is 2. The van der Waals surface area contributed by atoms with Gasteiger partial charge in [-0.1, -0.05) is 11.6 Å². The van der Waals surface area contributed by atoms with Gasteiger partial charge in [0, 0.05) is 17.2 Å². The minimum absolute atomic E-state index is 0.0733. The maximum Gasteiger partial charge on any atom is 0.158 e. The molecule has 0 bridgehead atoms. The monoisotopic (exact) mass is 426 g/mol. The fraction of sp³-hybridized carbons (Fsp3) is 0.524. The molecule has 1 aromatic heterocycles. The lowest BCUT2D eigenvalue weighted by Crippen LogP contribution is -2.22. The third-order valence-electron chi connectivity index (χ3n) is 4.48. The molecule has 2 aromatic rings. The molecule has 3 rings (SSSR count). The van der Waals surface area contributed by atoms with Gasteiger partial charge in [-0.15, -0.1) is 10.2 Å². The summed E-state index contributed by atoms with van der Waals surface area (Å²) in [6.07, 6.45) is -0.341. The molecule has 0 fully saturated rings. The Morgan fingerprint density at radius 3 is 2.66 bits per heavy atom. The van der Waals surface area contributed by atoms with Gasteiger partial charge in [0.25, 0.3) is 0 Å². The molecule has 5 nitrogen and oxygen atoms in total. The summed E-state index contributed by atoms with van der Waals surface area (Å²) in [4.78, 5) is 0. The first-order chi connectivity index (χ1) is 13.8. The van der Waals surface area contributed by atoms with Gasteiger partial charge in [0.1, 0.15) is 30.0 Å². The molecule has 158 valence electrons. The molecule has 0 saturated heterocycles. The number of hydrogen-bond acceptors (Lipinski definition) is 5. The number of aromatic nitrogens is 2. The maximum absolute atomic E-state index is 14.2. The van der Waals surface area contributed by atoms with E-state index in [2.05, 4.69) is 10.2 Å². The van der Waals surface area contributed by atoms with Gasteiger partial charge in [0.15, 0.2) is 5.15 Å². The van der Waals surface area contributed by atoms with Crippen molar-refractivity contribution in [3.63, 3.8) is 0 Å². The highest BCUT2D eigenvalue weighted by Crippen LogP contribution is 2.43. The molecular formula is C21H25ClF2N2O3. The van der Waals surface area contributed by atoms with Crippen LogP contribution in [-0.4, -0.2) is 42.2 Å². The van der Waals surface area contributed by atoms with E-state index >= 15 is 0 Å². The van der Waals surface area contributed by atoms with Crippen LogP contribution >= 0.6 is 11.6 Å². The fourth-order valence-corrected chi connectivity index (χ4v) is 3.46. The van der Waals surface area contributed by atoms with Crippen LogP contribution in [0.25, 0.3) is 11.3 Å². The minimum Gasteiger partial charge on any atom is -0.490 e. The van der Waals surface area contributed by atoms with Crippen LogP contribution in [0.5, 0.6) is 5.75 Å². The first kappa shape index (κ1) is 21.9. The molecule has 29 heavy (non-hydrogen) atoms. The molecule has 1 aliphatic carbocycles. The van der Waals surface area contributed by atoms with Crippen molar-refractivity contribution < 1.29 is 23.0 Å². The van der Waals surface area contributed by atoms with Crippen LogP contribution in [0, 0.1) is 5.82 Å². The summed E-state index contributed by atoms with van der Waals surface area (Å²) in [6, 6.07) is 4.15. The van der Waals surface area contributed by atoms with Crippen LogP contribution < -0.4 is 4.74 Å². The fourth-order valence-electron chi connectivity index (χ4n) is 3.19. The molecule has 1 aromatic carbocycles. The summed E-state index contributed by atoms with van der Waals surface area (Å²) in [6.45, 7) is 7.38. The Balaban J connectivity index is 1.67. The molecule has 0 N–H and O–H groups in total. The molecule has 8 heteroatoms. The van der Waals surface area contributed by atoms with E-state index in [1.807, 2.05) is 20.8 Å². The molecule has 1 heterocycles. The standard InChI is InChI=1S/C21H25ClF2N2O3/c1-21(2,3)29-11-9-27-8-10-28-17-12-13(23)4-5-14(17)19-15-6-7-16(24)18(15)20(22)26-25-19/h4-5,12,16H,6-11H2,1-3H3. The van der Waals surface area contributed by atoms with E-state index < -0.39 is 12.0 Å². The molecular weight excluding hydrogens is 402 g/mol. The van der Waals surface area contributed by atoms with Gasteiger partial charge in [-0.2, -0.15) is 0 Å². The second-order valence-corrected chi connectivity index (χ2v) is 8.16. The third-order valence-corrected chi connectivity index (χ3v) is 4.76. The van der Waals surface area contributed by atoms with Gasteiger partial charge in [-0.05, 0) is 51.3 Å². The summed E-state index contributed by atoms with van der Waals surface area (Å²) < 4.78 is 44.8. The van der Waals surface area contributed by atoms with Crippen LogP contribution in [0.15, 0.2) is 18.2 Å². The van der Waals surface area contributed by atoms with E-state index in [9.17, 15) is 8.78 Å². The van der Waals surface area contributed by atoms with E-state index in [-0.39, 0.29) is 17.4 Å². The molecule has 0 saturated carbocycles. The van der Waals surface area contributed by atoms with Crippen molar-refractivity contribution in [2.75, 3.05) is 26.4 Å². The molecule has 0 aliphatic heterocycles. The summed E-state index contributed by atoms with van der Waals surface area (Å²) in [5.74, 6) is -0.133. The average molecular weight is 427 g/mol. The topological polar surface area (TPSA) is 53.5 Å². The van der Waals surface area contributed by atoms with Gasteiger partial charge in [0.2, 0.25) is 0 Å². The quantitative estimate of drug-likeness (QED) is 0.549. The van der Waals surface area contributed by atoms with Crippen LogP contribution in [0.4, 0.5) is 8.78 Å². The smallest absolute Gasteiger partial charge is 0.158 e. The van der Waals surface area contributed by atoms with Gasteiger partial charge in [-0.3, -0.25) is 0 Å². The zero-order chi connectivity index (χ0) is 21.0. The second-order valence-electron chi connectivity index (χ2n) is 7.80. The van der Waals surface area contributed by atoms with Crippen LogP contribution in [0.1, 0.15) is 44.5 Å². The minimum atomic E-state index is -1.17. The van der Waals surface area contributed by atoms with Crippen molar-refractivity contribution in [3.05, 3.63) is 40.3 Å². The number of alkyl halides is 1. The molecule has 0 radical (unpaired) electrons. The Hall–Kier alpha value is -1.83. The first-order valence-electron chi connectivity index (χ1n) is 9.59. The lowest BCUT2D eigenvalue weighted by molar-refractivity contribution is -0.0375. The SMILES string of the molecule is CC(C)(C)OCCOCCOc1cc(F)ccc1-c1nnc(Cl)c2c1CCC2F. The number of halogens is 3. The zero-order valence-electron chi connectivity index (χ0n) is 16.8. The highest BCUT2D eigenvalue weighted by Gasteiger charge is 2.30. The van der Waals surface area contributed by atoms with Crippen molar-refractivity contribution in [1.82, 2.24) is 10.2 Å². The Kier molecular flexibility index (Phi) is 7.03. The van der Waals surface area contributed by atoms with Crippen molar-refractivity contribution in [2.24, 2.45) is 0 Å². The molecule has 1 aliphatic rings. The van der Waals surface area contributed by atoms with Crippen LogP contribution in [-0.2, 0) is 15.9 Å². The Bertz CT molecular complexity index is 859. The summed E-state index contributed by atoms with van der Waals surface area (Å²) in [5.41, 5.74) is 1.88. The number of benzene rings is 1. The van der Waals surface area contributed by atoms with Crippen molar-refractivity contribution in [2.45, 2.75) is 45.4 Å². The lowest BCUT2D eigenvalue weighted by Gasteiger charge is -2.19. The Morgan fingerprint density at radius 1 is 1.14 bits per heavy atom. The summed E-state index contributed by atoms with van der Waals surface area (Å²) in [7, 11) is 0. The number of hydrogen-bond donors (Lipinski definition) is 0. The highest BCUT2D eigenvalue weighted by atomic mass is 35.5. The molecule has 1 unspecified atom stereocenters. The van der Waals surface area contributed by atoms with E-state index in [1.54, 1.807) is 6.07 Å². The van der Waals surface area contributed by atoms with Crippen LogP contribution in [0.3, 0.4) is 0 Å². The number of fused-ring (bicyclic) bond motifs is 1. The summed E-state index contributed by atoms with van der Waals surface area (Å²) in [5, 5.41) is 8.09. The third kappa shape index (κ3) is 5.62. The van der Waals surface area contributed by atoms with Gasteiger partial charge in [-0.25, -0.2) is 8.78 Å². The molecule has 0 amide bonds. The highest BCUT2D eigenvalue weighted by molar-refractivity contribution is 6.30. The zero-order valence-corrected chi connectivity index (χ0v) is 17.6. The Morgan fingerprint density at radius 2 is 1.90 bits per heavy atom. The first-order valence-corrected chi connectivity index (χ1v) is 9.97. The van der Waals surface area contributed by atoms with Gasteiger partial charge < -0.3 is 14.2 Å². The van der Waals surface area contributed by atoms with Gasteiger partial charge >= 0.3 is 0 Å². The van der Waals surface area contributed by atoms with Crippen LogP contribution in [0.2, 0.25) is 5.15 Å². The summed E-state index contributed by atoms with van der Waals surface area (Å²) >= 11 is 6.03. The lowest BCUT2D eigenvalue weighted by atomic mass is 10.0. The van der Waals surface area contributed by atoms with Crippen molar-refractivity contribution >= 4 is 11.6 Å². The number of ether oxygens (including phenoxy) is 3. The van der Waals surface area contributed by atoms with Crippen molar-refractivity contribution in [1.29, 1.82) is 0 Å². The Labute approximate surface area is 174 Å². The molecule has 1 atom stereocenters. The second kappa shape index (κ2) is 9.32. The van der Waals surface area contributed by atoms with E-state index in [0.29, 0.717) is 60.8 Å².